The lowest BCUT2D eigenvalue weighted by molar-refractivity contribution is 0.581. The van der Waals surface area contributed by atoms with Gasteiger partial charge in [-0.2, -0.15) is 0 Å². The molecular formula is C14H14Cl2N2O2S. The molecule has 0 aliphatic carbocycles. The lowest BCUT2D eigenvalue weighted by Gasteiger charge is -2.11. The third kappa shape index (κ3) is 3.89. The summed E-state index contributed by atoms with van der Waals surface area (Å²) >= 11 is 11.9. The van der Waals surface area contributed by atoms with E-state index in [2.05, 4.69) is 4.72 Å². The van der Waals surface area contributed by atoms with Crippen molar-refractivity contribution in [2.75, 3.05) is 5.73 Å². The van der Waals surface area contributed by atoms with Crippen molar-refractivity contribution in [3.05, 3.63) is 57.6 Å². The van der Waals surface area contributed by atoms with Crippen molar-refractivity contribution < 1.29 is 8.42 Å². The van der Waals surface area contributed by atoms with Gasteiger partial charge in [0, 0.05) is 12.2 Å². The van der Waals surface area contributed by atoms with Crippen molar-refractivity contribution in [1.29, 1.82) is 0 Å². The van der Waals surface area contributed by atoms with E-state index in [9.17, 15) is 8.42 Å². The Morgan fingerprint density at radius 1 is 1.10 bits per heavy atom. The predicted molar refractivity (Wildman–Crippen MR) is 86.1 cm³/mol. The smallest absolute Gasteiger partial charge is 0.243 e. The van der Waals surface area contributed by atoms with Gasteiger partial charge in [0.2, 0.25) is 10.0 Å². The summed E-state index contributed by atoms with van der Waals surface area (Å²) in [6, 6.07) is 10.2. The first-order valence-corrected chi connectivity index (χ1v) is 8.33. The zero-order chi connectivity index (χ0) is 15.6. The molecule has 4 nitrogen and oxygen atoms in total. The van der Waals surface area contributed by atoms with Crippen LogP contribution >= 0.6 is 23.2 Å². The van der Waals surface area contributed by atoms with Crippen LogP contribution in [0.15, 0.2) is 41.3 Å². The minimum absolute atomic E-state index is 0.00333. The highest BCUT2D eigenvalue weighted by atomic mass is 35.5. The second-order valence-corrected chi connectivity index (χ2v) is 7.14. The van der Waals surface area contributed by atoms with Crippen molar-refractivity contribution >= 4 is 38.9 Å². The molecule has 0 aliphatic heterocycles. The summed E-state index contributed by atoms with van der Waals surface area (Å²) in [7, 11) is -3.82. The summed E-state index contributed by atoms with van der Waals surface area (Å²) in [5.74, 6) is 0. The number of nitrogens with two attached hydrogens (primary N) is 1. The zero-order valence-corrected chi connectivity index (χ0v) is 13.6. The minimum atomic E-state index is -3.82. The molecule has 2 aromatic rings. The summed E-state index contributed by atoms with van der Waals surface area (Å²) < 4.78 is 27.1. The lowest BCUT2D eigenvalue weighted by atomic mass is 10.2. The third-order valence-corrected chi connectivity index (χ3v) is 5.20. The first kappa shape index (κ1) is 16.1. The van der Waals surface area contributed by atoms with Crippen LogP contribution in [0.3, 0.4) is 0 Å². The molecule has 0 fully saturated rings. The van der Waals surface area contributed by atoms with Crippen molar-refractivity contribution in [3.8, 4) is 0 Å². The quantitative estimate of drug-likeness (QED) is 0.835. The van der Waals surface area contributed by atoms with E-state index in [1.807, 2.05) is 31.2 Å². The Bertz CT molecular complexity index is 736. The molecule has 0 heterocycles. The molecule has 112 valence electrons. The van der Waals surface area contributed by atoms with Gasteiger partial charge in [-0.15, -0.1) is 0 Å². The SMILES string of the molecule is Cc1ccc(CNS(=O)(=O)c2c(Cl)cc(N)cc2Cl)cc1. The molecule has 0 amide bonds. The van der Waals surface area contributed by atoms with Crippen molar-refractivity contribution in [1.82, 2.24) is 4.72 Å². The van der Waals surface area contributed by atoms with Gasteiger partial charge < -0.3 is 5.73 Å². The molecule has 0 bridgehead atoms. The fourth-order valence-corrected chi connectivity index (χ4v) is 4.04. The Hall–Kier alpha value is -1.27. The molecule has 0 spiro atoms. The Morgan fingerprint density at radius 3 is 2.14 bits per heavy atom. The minimum Gasteiger partial charge on any atom is -0.399 e. The van der Waals surface area contributed by atoms with Gasteiger partial charge in [0.1, 0.15) is 4.90 Å². The molecule has 0 saturated heterocycles. The first-order chi connectivity index (χ1) is 9.79. The van der Waals surface area contributed by atoms with Gasteiger partial charge in [-0.25, -0.2) is 13.1 Å². The van der Waals surface area contributed by atoms with Gasteiger partial charge in [-0.05, 0) is 24.6 Å². The van der Waals surface area contributed by atoms with Crippen molar-refractivity contribution in [2.45, 2.75) is 18.4 Å². The highest BCUT2D eigenvalue weighted by molar-refractivity contribution is 7.89. The maximum absolute atomic E-state index is 12.3. The van der Waals surface area contributed by atoms with E-state index in [4.69, 9.17) is 28.9 Å². The van der Waals surface area contributed by atoms with Crippen LogP contribution < -0.4 is 10.5 Å². The maximum Gasteiger partial charge on any atom is 0.243 e. The van der Waals surface area contributed by atoms with Crippen LogP contribution in [0.1, 0.15) is 11.1 Å². The Labute approximate surface area is 133 Å². The second kappa shape index (κ2) is 6.23. The van der Waals surface area contributed by atoms with E-state index < -0.39 is 10.0 Å². The highest BCUT2D eigenvalue weighted by Gasteiger charge is 2.22. The normalized spacial score (nSPS) is 11.6. The van der Waals surface area contributed by atoms with E-state index in [0.29, 0.717) is 5.69 Å². The van der Waals surface area contributed by atoms with E-state index >= 15 is 0 Å². The molecule has 0 unspecified atom stereocenters. The number of sulfonamides is 1. The van der Waals surface area contributed by atoms with Crippen LogP contribution in [0.25, 0.3) is 0 Å². The summed E-state index contributed by atoms with van der Waals surface area (Å²) in [5, 5.41) is -0.00666. The number of halogens is 2. The fraction of sp³-hybridized carbons (Fsp3) is 0.143. The molecule has 0 aliphatic rings. The molecule has 7 heteroatoms. The maximum atomic E-state index is 12.3. The molecule has 0 saturated carbocycles. The van der Waals surface area contributed by atoms with Gasteiger partial charge in [0.05, 0.1) is 10.0 Å². The lowest BCUT2D eigenvalue weighted by Crippen LogP contribution is -2.24. The molecule has 2 aromatic carbocycles. The third-order valence-electron chi connectivity index (χ3n) is 2.88. The Kier molecular flexibility index (Phi) is 4.78. The number of rotatable bonds is 4. The van der Waals surface area contributed by atoms with Crippen LogP contribution in [0, 0.1) is 6.92 Å². The first-order valence-electron chi connectivity index (χ1n) is 6.09. The zero-order valence-electron chi connectivity index (χ0n) is 11.2. The average molecular weight is 345 g/mol. The van der Waals surface area contributed by atoms with Gasteiger partial charge >= 0.3 is 0 Å². The van der Waals surface area contributed by atoms with E-state index in [0.717, 1.165) is 11.1 Å². The fourth-order valence-electron chi connectivity index (χ4n) is 1.79. The molecule has 2 rings (SSSR count). The van der Waals surface area contributed by atoms with Crippen LogP contribution in [0.4, 0.5) is 5.69 Å². The van der Waals surface area contributed by atoms with Gasteiger partial charge in [-0.3, -0.25) is 0 Å². The van der Waals surface area contributed by atoms with E-state index in [1.54, 1.807) is 0 Å². The number of nitrogen functional groups attached to an aromatic ring is 1. The van der Waals surface area contributed by atoms with Gasteiger partial charge in [0.15, 0.2) is 0 Å². The summed E-state index contributed by atoms with van der Waals surface area (Å²) in [6.07, 6.45) is 0. The molecule has 21 heavy (non-hydrogen) atoms. The molecule has 0 radical (unpaired) electrons. The molecular weight excluding hydrogens is 331 g/mol. The number of benzene rings is 2. The number of aryl methyl sites for hydroxylation is 1. The average Bonchev–Trinajstić information content (AvgIpc) is 2.36. The molecule has 0 aromatic heterocycles. The molecule has 0 atom stereocenters. The number of nitrogens with one attached hydrogen (secondary N) is 1. The van der Waals surface area contributed by atoms with E-state index in [1.165, 1.54) is 12.1 Å². The highest BCUT2D eigenvalue weighted by Crippen LogP contribution is 2.31. The summed E-state index contributed by atoms with van der Waals surface area (Å²) in [4.78, 5) is -0.160. The van der Waals surface area contributed by atoms with Gasteiger partial charge in [0.25, 0.3) is 0 Å². The van der Waals surface area contributed by atoms with Crippen LogP contribution in [-0.4, -0.2) is 8.42 Å². The largest absolute Gasteiger partial charge is 0.399 e. The van der Waals surface area contributed by atoms with Crippen LogP contribution in [-0.2, 0) is 16.6 Å². The van der Waals surface area contributed by atoms with Crippen molar-refractivity contribution in [2.24, 2.45) is 0 Å². The predicted octanol–water partition coefficient (Wildman–Crippen LogP) is 3.36. The standard InChI is InChI=1S/C14H14Cl2N2O2S/c1-9-2-4-10(5-3-9)8-18-21(19,20)14-12(15)6-11(17)7-13(14)16/h2-7,18H,8,17H2,1H3. The van der Waals surface area contributed by atoms with Gasteiger partial charge in [-0.1, -0.05) is 53.0 Å². The Morgan fingerprint density at radius 2 is 1.62 bits per heavy atom. The van der Waals surface area contributed by atoms with Crippen LogP contribution in [0.2, 0.25) is 10.0 Å². The van der Waals surface area contributed by atoms with Crippen LogP contribution in [0.5, 0.6) is 0 Å². The van der Waals surface area contributed by atoms with E-state index in [-0.39, 0.29) is 21.5 Å². The summed E-state index contributed by atoms with van der Waals surface area (Å²) in [5.41, 5.74) is 7.82. The van der Waals surface area contributed by atoms with Crippen molar-refractivity contribution in [3.63, 3.8) is 0 Å². The monoisotopic (exact) mass is 344 g/mol. The molecule has 3 N–H and O–H groups in total. The summed E-state index contributed by atoms with van der Waals surface area (Å²) in [6.45, 7) is 2.11. The Balaban J connectivity index is 2.25. The topological polar surface area (TPSA) is 72.2 Å². The number of anilines is 1. The number of hydrogen-bond acceptors (Lipinski definition) is 3. The second-order valence-electron chi connectivity index (χ2n) is 4.62. The number of hydrogen-bond donors (Lipinski definition) is 2.